The minimum Gasteiger partial charge on any atom is -0.467 e. The molecule has 0 radical (unpaired) electrons. The van der Waals surface area contributed by atoms with E-state index in [0.29, 0.717) is 25.0 Å². The Labute approximate surface area is 152 Å². The van der Waals surface area contributed by atoms with Gasteiger partial charge in [0.05, 0.1) is 19.4 Å². The first kappa shape index (κ1) is 17.5. The SMILES string of the molecule is CCOc1nc(NCc2ccco2)nc(Nc2cccc(N(C)C)c2)n1. The molecule has 0 aliphatic carbocycles. The molecule has 0 unspecified atom stereocenters. The van der Waals surface area contributed by atoms with E-state index < -0.39 is 0 Å². The lowest BCUT2D eigenvalue weighted by Crippen LogP contribution is -2.10. The highest BCUT2D eigenvalue weighted by Crippen LogP contribution is 2.21. The molecule has 0 bridgehead atoms. The zero-order valence-corrected chi connectivity index (χ0v) is 15.1. The van der Waals surface area contributed by atoms with Crippen LogP contribution in [0, 0.1) is 0 Å². The molecule has 0 aliphatic rings. The van der Waals surface area contributed by atoms with Crippen LogP contribution in [0.25, 0.3) is 0 Å². The monoisotopic (exact) mass is 354 g/mol. The molecule has 26 heavy (non-hydrogen) atoms. The van der Waals surface area contributed by atoms with E-state index in [1.165, 1.54) is 0 Å². The smallest absolute Gasteiger partial charge is 0.323 e. The summed E-state index contributed by atoms with van der Waals surface area (Å²) >= 11 is 0. The quantitative estimate of drug-likeness (QED) is 0.637. The Balaban J connectivity index is 1.79. The van der Waals surface area contributed by atoms with Gasteiger partial charge in [-0.2, -0.15) is 15.0 Å². The number of benzene rings is 1. The first-order valence-corrected chi connectivity index (χ1v) is 8.33. The van der Waals surface area contributed by atoms with Crippen molar-refractivity contribution in [2.24, 2.45) is 0 Å². The topological polar surface area (TPSA) is 88.3 Å². The van der Waals surface area contributed by atoms with Crippen LogP contribution < -0.4 is 20.3 Å². The number of anilines is 4. The van der Waals surface area contributed by atoms with Crippen molar-refractivity contribution < 1.29 is 9.15 Å². The van der Waals surface area contributed by atoms with Crippen molar-refractivity contribution in [3.8, 4) is 6.01 Å². The Hall–Kier alpha value is -3.29. The van der Waals surface area contributed by atoms with Gasteiger partial charge >= 0.3 is 6.01 Å². The molecule has 0 saturated heterocycles. The second kappa shape index (κ2) is 8.19. The van der Waals surface area contributed by atoms with E-state index in [4.69, 9.17) is 9.15 Å². The van der Waals surface area contributed by atoms with Crippen LogP contribution in [0.5, 0.6) is 6.01 Å². The third-order valence-corrected chi connectivity index (χ3v) is 3.51. The number of nitrogens with one attached hydrogen (secondary N) is 2. The van der Waals surface area contributed by atoms with Crippen LogP contribution in [-0.4, -0.2) is 35.7 Å². The molecule has 0 atom stereocenters. The number of hydrogen-bond acceptors (Lipinski definition) is 8. The number of nitrogens with zero attached hydrogens (tertiary/aromatic N) is 4. The number of furan rings is 1. The summed E-state index contributed by atoms with van der Waals surface area (Å²) in [7, 11) is 3.98. The fraction of sp³-hybridized carbons (Fsp3) is 0.278. The molecule has 2 aromatic heterocycles. The zero-order chi connectivity index (χ0) is 18.4. The van der Waals surface area contributed by atoms with Gasteiger partial charge in [-0.25, -0.2) is 0 Å². The summed E-state index contributed by atoms with van der Waals surface area (Å²) in [5.74, 6) is 1.60. The van der Waals surface area contributed by atoms with Gasteiger partial charge in [-0.3, -0.25) is 0 Å². The van der Waals surface area contributed by atoms with Crippen LogP contribution in [0.4, 0.5) is 23.3 Å². The van der Waals surface area contributed by atoms with Gasteiger partial charge < -0.3 is 24.7 Å². The lowest BCUT2D eigenvalue weighted by molar-refractivity contribution is 0.312. The average molecular weight is 354 g/mol. The lowest BCUT2D eigenvalue weighted by atomic mass is 10.2. The van der Waals surface area contributed by atoms with E-state index in [9.17, 15) is 0 Å². The van der Waals surface area contributed by atoms with Gasteiger partial charge in [-0.1, -0.05) is 6.07 Å². The van der Waals surface area contributed by atoms with Gasteiger partial charge in [0.15, 0.2) is 0 Å². The van der Waals surface area contributed by atoms with Gasteiger partial charge in [0, 0.05) is 25.5 Å². The van der Waals surface area contributed by atoms with Crippen LogP contribution in [-0.2, 0) is 6.54 Å². The predicted octanol–water partition coefficient (Wildman–Crippen LogP) is 3.29. The van der Waals surface area contributed by atoms with E-state index in [0.717, 1.165) is 17.1 Å². The Bertz CT molecular complexity index is 835. The number of rotatable bonds is 8. The van der Waals surface area contributed by atoms with Crippen molar-refractivity contribution in [2.45, 2.75) is 13.5 Å². The van der Waals surface area contributed by atoms with Crippen LogP contribution >= 0.6 is 0 Å². The first-order chi connectivity index (χ1) is 12.6. The van der Waals surface area contributed by atoms with Gasteiger partial charge in [0.25, 0.3) is 0 Å². The fourth-order valence-electron chi connectivity index (χ4n) is 2.26. The molecular weight excluding hydrogens is 332 g/mol. The molecule has 0 aliphatic heterocycles. The summed E-state index contributed by atoms with van der Waals surface area (Å²) < 4.78 is 10.8. The van der Waals surface area contributed by atoms with Crippen LogP contribution in [0.3, 0.4) is 0 Å². The highest BCUT2D eigenvalue weighted by Gasteiger charge is 2.09. The van der Waals surface area contributed by atoms with Crippen molar-refractivity contribution in [3.63, 3.8) is 0 Å². The maximum absolute atomic E-state index is 5.45. The third-order valence-electron chi connectivity index (χ3n) is 3.51. The minimum absolute atomic E-state index is 0.260. The Morgan fingerprint density at radius 1 is 1.08 bits per heavy atom. The molecule has 0 amide bonds. The molecule has 0 fully saturated rings. The summed E-state index contributed by atoms with van der Waals surface area (Å²) in [6, 6.07) is 11.9. The molecule has 2 N–H and O–H groups in total. The van der Waals surface area contributed by atoms with E-state index in [2.05, 4.69) is 25.6 Å². The average Bonchev–Trinajstić information content (AvgIpc) is 3.14. The molecule has 3 rings (SSSR count). The van der Waals surface area contributed by atoms with Gasteiger partial charge in [-0.15, -0.1) is 0 Å². The van der Waals surface area contributed by atoms with E-state index in [1.54, 1.807) is 6.26 Å². The molecule has 0 saturated carbocycles. The Kier molecular flexibility index (Phi) is 5.52. The van der Waals surface area contributed by atoms with Gasteiger partial charge in [0.1, 0.15) is 5.76 Å². The second-order valence-electron chi connectivity index (χ2n) is 5.70. The molecule has 1 aromatic carbocycles. The fourth-order valence-corrected chi connectivity index (χ4v) is 2.26. The maximum atomic E-state index is 5.45. The summed E-state index contributed by atoms with van der Waals surface area (Å²) in [5, 5.41) is 6.32. The number of aromatic nitrogens is 3. The van der Waals surface area contributed by atoms with Crippen molar-refractivity contribution >= 4 is 23.3 Å². The largest absolute Gasteiger partial charge is 0.467 e. The summed E-state index contributed by atoms with van der Waals surface area (Å²) in [4.78, 5) is 15.0. The van der Waals surface area contributed by atoms with Crippen molar-refractivity contribution in [1.82, 2.24) is 15.0 Å². The standard InChI is InChI=1S/C18H22N6O2/c1-4-25-18-22-16(19-12-15-9-6-10-26-15)21-17(23-18)20-13-7-5-8-14(11-13)24(2)3/h5-11H,4,12H2,1-3H3,(H2,19,20,21,22,23). The highest BCUT2D eigenvalue weighted by molar-refractivity contribution is 5.62. The van der Waals surface area contributed by atoms with Gasteiger partial charge in [-0.05, 0) is 37.3 Å². The maximum Gasteiger partial charge on any atom is 0.323 e. The van der Waals surface area contributed by atoms with E-state index >= 15 is 0 Å². The van der Waals surface area contributed by atoms with Crippen LogP contribution in [0.15, 0.2) is 47.1 Å². The van der Waals surface area contributed by atoms with Crippen molar-refractivity contribution in [2.75, 3.05) is 36.2 Å². The predicted molar refractivity (Wildman–Crippen MR) is 101 cm³/mol. The van der Waals surface area contributed by atoms with E-state index in [1.807, 2.05) is 62.3 Å². The molecule has 2 heterocycles. The summed E-state index contributed by atoms with van der Waals surface area (Å²) in [5.41, 5.74) is 1.95. The summed E-state index contributed by atoms with van der Waals surface area (Å²) in [6.07, 6.45) is 1.63. The van der Waals surface area contributed by atoms with Crippen LogP contribution in [0.1, 0.15) is 12.7 Å². The summed E-state index contributed by atoms with van der Waals surface area (Å²) in [6.45, 7) is 2.82. The highest BCUT2D eigenvalue weighted by atomic mass is 16.5. The second-order valence-corrected chi connectivity index (χ2v) is 5.70. The van der Waals surface area contributed by atoms with Crippen LogP contribution in [0.2, 0.25) is 0 Å². The Morgan fingerprint density at radius 3 is 2.65 bits per heavy atom. The molecule has 8 nitrogen and oxygen atoms in total. The van der Waals surface area contributed by atoms with Gasteiger partial charge in [0.2, 0.25) is 11.9 Å². The number of hydrogen-bond donors (Lipinski definition) is 2. The zero-order valence-electron chi connectivity index (χ0n) is 15.1. The molecule has 136 valence electrons. The normalized spacial score (nSPS) is 10.4. The molecule has 8 heteroatoms. The molecule has 0 spiro atoms. The molecular formula is C18H22N6O2. The Morgan fingerprint density at radius 2 is 1.92 bits per heavy atom. The third kappa shape index (κ3) is 4.62. The van der Waals surface area contributed by atoms with E-state index in [-0.39, 0.29) is 6.01 Å². The van der Waals surface area contributed by atoms with Crippen molar-refractivity contribution in [1.29, 1.82) is 0 Å². The lowest BCUT2D eigenvalue weighted by Gasteiger charge is -2.14. The minimum atomic E-state index is 0.260. The first-order valence-electron chi connectivity index (χ1n) is 8.33. The number of ether oxygens (including phenoxy) is 1. The molecule has 3 aromatic rings. The van der Waals surface area contributed by atoms with Crippen molar-refractivity contribution in [3.05, 3.63) is 48.4 Å².